The second kappa shape index (κ2) is 8.30. The first-order valence-electron chi connectivity index (χ1n) is 8.74. The first-order valence-corrected chi connectivity index (χ1v) is 8.74. The van der Waals surface area contributed by atoms with E-state index >= 15 is 0 Å². The molecule has 0 saturated heterocycles. The maximum atomic E-state index is 11.6. The molecule has 0 aliphatic heterocycles. The van der Waals surface area contributed by atoms with Crippen LogP contribution in [0.15, 0.2) is 24.8 Å². The summed E-state index contributed by atoms with van der Waals surface area (Å²) in [6, 6.07) is 6.94. The molecule has 0 bridgehead atoms. The second-order valence-corrected chi connectivity index (χ2v) is 6.39. The van der Waals surface area contributed by atoms with Crippen LogP contribution in [0.4, 0.5) is 0 Å². The Morgan fingerprint density at radius 1 is 1.26 bits per heavy atom. The lowest BCUT2D eigenvalue weighted by Gasteiger charge is -2.35. The van der Waals surface area contributed by atoms with Crippen molar-refractivity contribution < 1.29 is 9.53 Å². The minimum atomic E-state index is -0.351. The van der Waals surface area contributed by atoms with Crippen LogP contribution in [0.5, 0.6) is 0 Å². The molecule has 0 heterocycles. The molecule has 0 saturated carbocycles. The molecule has 3 heteroatoms. The van der Waals surface area contributed by atoms with E-state index in [1.807, 2.05) is 6.07 Å². The van der Waals surface area contributed by atoms with Gasteiger partial charge >= 0.3 is 5.97 Å². The van der Waals surface area contributed by atoms with Gasteiger partial charge in [0.25, 0.3) is 0 Å². The van der Waals surface area contributed by atoms with Gasteiger partial charge in [0.15, 0.2) is 0 Å². The van der Waals surface area contributed by atoms with Crippen LogP contribution in [0.25, 0.3) is 5.57 Å². The van der Waals surface area contributed by atoms with E-state index in [0.717, 1.165) is 18.4 Å². The predicted octanol–water partition coefficient (Wildman–Crippen LogP) is 3.85. The molecule has 23 heavy (non-hydrogen) atoms. The Balaban J connectivity index is 2.13. The summed E-state index contributed by atoms with van der Waals surface area (Å²) >= 11 is 0. The molecular weight excluding hydrogens is 286 g/mol. The van der Waals surface area contributed by atoms with Crippen LogP contribution in [0.3, 0.4) is 0 Å². The third-order valence-corrected chi connectivity index (χ3v) is 4.73. The van der Waals surface area contributed by atoms with E-state index in [1.165, 1.54) is 50.6 Å². The normalized spacial score (nSPS) is 17.0. The molecule has 0 amide bonds. The van der Waals surface area contributed by atoms with Crippen molar-refractivity contribution in [1.29, 1.82) is 0 Å². The van der Waals surface area contributed by atoms with E-state index in [9.17, 15) is 4.79 Å². The summed E-state index contributed by atoms with van der Waals surface area (Å²) in [4.78, 5) is 14.3. The van der Waals surface area contributed by atoms with Crippen LogP contribution in [0, 0.1) is 0 Å². The summed E-state index contributed by atoms with van der Waals surface area (Å²) in [5, 5.41) is 0. The van der Waals surface area contributed by atoms with Gasteiger partial charge < -0.3 is 9.64 Å². The number of hydrogen-bond acceptors (Lipinski definition) is 3. The Morgan fingerprint density at radius 2 is 1.96 bits per heavy atom. The molecule has 0 aromatic heterocycles. The Morgan fingerprint density at radius 3 is 2.57 bits per heavy atom. The Hall–Kier alpha value is -1.61. The highest BCUT2D eigenvalue weighted by Gasteiger charge is 2.24. The van der Waals surface area contributed by atoms with E-state index in [1.54, 1.807) is 0 Å². The van der Waals surface area contributed by atoms with Crippen molar-refractivity contribution in [1.82, 2.24) is 4.90 Å². The number of ether oxygens (including phenoxy) is 1. The number of carbonyl (C=O) groups excluding carboxylic acids is 1. The van der Waals surface area contributed by atoms with Gasteiger partial charge in [-0.15, -0.1) is 0 Å². The number of nitrogens with zero attached hydrogens (tertiary/aromatic N) is 1. The zero-order chi connectivity index (χ0) is 16.8. The van der Waals surface area contributed by atoms with Crippen molar-refractivity contribution in [2.24, 2.45) is 0 Å². The monoisotopic (exact) mass is 315 g/mol. The fourth-order valence-electron chi connectivity index (χ4n) is 3.53. The largest absolute Gasteiger partial charge is 0.465 e. The average molecular weight is 315 g/mol. The van der Waals surface area contributed by atoms with Crippen LogP contribution in [-0.4, -0.2) is 37.1 Å². The quantitative estimate of drug-likeness (QED) is 0.565. The van der Waals surface area contributed by atoms with Gasteiger partial charge in [0.1, 0.15) is 0 Å². The van der Waals surface area contributed by atoms with Crippen molar-refractivity contribution in [2.75, 3.05) is 20.2 Å². The molecule has 3 nitrogen and oxygen atoms in total. The molecule has 1 aliphatic rings. The summed E-state index contributed by atoms with van der Waals surface area (Å²) in [5.41, 5.74) is 4.10. The number of fused-ring (bicyclic) bond motifs is 1. The molecular formula is C20H29NO2. The maximum absolute atomic E-state index is 11.6. The number of carbonyl (C=O) groups is 1. The number of rotatable bonds is 7. The molecule has 1 atom stereocenters. The molecule has 126 valence electrons. The number of hydrogen-bond donors (Lipinski definition) is 0. The van der Waals surface area contributed by atoms with Gasteiger partial charge in [-0.25, -0.2) is 4.79 Å². The molecule has 1 aromatic rings. The van der Waals surface area contributed by atoms with E-state index in [2.05, 4.69) is 37.5 Å². The van der Waals surface area contributed by atoms with Crippen molar-refractivity contribution in [3.63, 3.8) is 0 Å². The number of methoxy groups -OCH3 is 1. The Bertz CT molecular complexity index is 559. The smallest absolute Gasteiger partial charge is 0.337 e. The number of benzene rings is 1. The van der Waals surface area contributed by atoms with Crippen molar-refractivity contribution in [3.05, 3.63) is 41.5 Å². The van der Waals surface area contributed by atoms with Crippen molar-refractivity contribution >= 4 is 11.5 Å². The van der Waals surface area contributed by atoms with E-state index in [0.29, 0.717) is 11.6 Å². The first kappa shape index (κ1) is 17.7. The zero-order valence-electron chi connectivity index (χ0n) is 14.7. The van der Waals surface area contributed by atoms with Gasteiger partial charge in [0, 0.05) is 6.04 Å². The minimum absolute atomic E-state index is 0.351. The lowest BCUT2D eigenvalue weighted by Crippen LogP contribution is -2.40. The van der Waals surface area contributed by atoms with Gasteiger partial charge in [-0.3, -0.25) is 0 Å². The lowest BCUT2D eigenvalue weighted by molar-refractivity contribution is -0.133. The highest BCUT2D eigenvalue weighted by molar-refractivity contribution is 6.15. The SMILES string of the molecule is C=C(C(=O)OC)c1ccc2c(c1)CCC(N(CCC)CCC)C2. The highest BCUT2D eigenvalue weighted by Crippen LogP contribution is 2.28. The molecule has 2 rings (SSSR count). The number of esters is 1. The summed E-state index contributed by atoms with van der Waals surface area (Å²) < 4.78 is 4.77. The van der Waals surface area contributed by atoms with Gasteiger partial charge in [-0.05, 0) is 61.9 Å². The fourth-order valence-corrected chi connectivity index (χ4v) is 3.53. The van der Waals surface area contributed by atoms with Crippen LogP contribution in [-0.2, 0) is 22.4 Å². The summed E-state index contributed by atoms with van der Waals surface area (Å²) in [6.45, 7) is 10.7. The van der Waals surface area contributed by atoms with Crippen LogP contribution < -0.4 is 0 Å². The maximum Gasteiger partial charge on any atom is 0.337 e. The van der Waals surface area contributed by atoms with Crippen molar-refractivity contribution in [2.45, 2.75) is 52.0 Å². The first-order chi connectivity index (χ1) is 11.1. The van der Waals surface area contributed by atoms with Gasteiger partial charge in [0.05, 0.1) is 12.7 Å². The molecule has 0 radical (unpaired) electrons. The molecule has 1 aliphatic carbocycles. The third-order valence-electron chi connectivity index (χ3n) is 4.73. The van der Waals surface area contributed by atoms with Gasteiger partial charge in [0.2, 0.25) is 0 Å². The molecule has 0 spiro atoms. The number of aryl methyl sites for hydroxylation is 1. The summed E-state index contributed by atoms with van der Waals surface area (Å²) in [7, 11) is 1.40. The lowest BCUT2D eigenvalue weighted by atomic mass is 9.85. The average Bonchev–Trinajstić information content (AvgIpc) is 2.59. The van der Waals surface area contributed by atoms with Crippen molar-refractivity contribution in [3.8, 4) is 0 Å². The molecule has 0 fully saturated rings. The Kier molecular flexibility index (Phi) is 6.40. The predicted molar refractivity (Wildman–Crippen MR) is 95.5 cm³/mol. The second-order valence-electron chi connectivity index (χ2n) is 6.39. The van der Waals surface area contributed by atoms with E-state index in [-0.39, 0.29) is 5.97 Å². The molecule has 1 aromatic carbocycles. The fraction of sp³-hybridized carbons (Fsp3) is 0.550. The van der Waals surface area contributed by atoms with Crippen LogP contribution in [0.1, 0.15) is 49.8 Å². The third kappa shape index (κ3) is 4.23. The molecule has 1 unspecified atom stereocenters. The highest BCUT2D eigenvalue weighted by atomic mass is 16.5. The van der Waals surface area contributed by atoms with Crippen LogP contribution >= 0.6 is 0 Å². The zero-order valence-corrected chi connectivity index (χ0v) is 14.7. The topological polar surface area (TPSA) is 29.5 Å². The Labute approximate surface area is 140 Å². The molecule has 0 N–H and O–H groups in total. The van der Waals surface area contributed by atoms with Gasteiger partial charge in [-0.1, -0.05) is 38.6 Å². The standard InChI is InChI=1S/C20H29NO2/c1-5-11-21(12-6-2)19-10-9-17-13-16(7-8-18(17)14-19)15(3)20(22)23-4/h7-8,13,19H,3,5-6,9-12,14H2,1-2,4H3. The van der Waals surface area contributed by atoms with Crippen LogP contribution in [0.2, 0.25) is 0 Å². The summed E-state index contributed by atoms with van der Waals surface area (Å²) in [6.07, 6.45) is 5.80. The minimum Gasteiger partial charge on any atom is -0.465 e. The van der Waals surface area contributed by atoms with E-state index < -0.39 is 0 Å². The van der Waals surface area contributed by atoms with E-state index in [4.69, 9.17) is 4.74 Å². The summed E-state index contributed by atoms with van der Waals surface area (Å²) in [5.74, 6) is -0.351. The van der Waals surface area contributed by atoms with Gasteiger partial charge in [-0.2, -0.15) is 0 Å².